The van der Waals surface area contributed by atoms with Gasteiger partial charge in [0.1, 0.15) is 5.76 Å². The van der Waals surface area contributed by atoms with Crippen LogP contribution in [-0.4, -0.2) is 20.0 Å². The highest BCUT2D eigenvalue weighted by Gasteiger charge is 2.32. The largest absolute Gasteiger partial charge is 0.443 e. The monoisotopic (exact) mass is 318 g/mol. The van der Waals surface area contributed by atoms with E-state index in [2.05, 4.69) is 67.5 Å². The summed E-state index contributed by atoms with van der Waals surface area (Å²) in [6.07, 6.45) is 2.72. The number of hydrogen-bond donors (Lipinski definition) is 1. The number of nitrogens with zero attached hydrogens (tertiary/aromatic N) is 1. The Morgan fingerprint density at radius 1 is 1.00 bits per heavy atom. The summed E-state index contributed by atoms with van der Waals surface area (Å²) in [7, 11) is 4.11. The number of benzene rings is 2. The lowest BCUT2D eigenvalue weighted by Crippen LogP contribution is -2.23. The average Bonchev–Trinajstić information content (AvgIpc) is 2.61. The van der Waals surface area contributed by atoms with Crippen molar-refractivity contribution in [3.8, 4) is 0 Å². The number of aryl methyl sites for hydroxylation is 1. The van der Waals surface area contributed by atoms with E-state index in [1.54, 1.807) is 0 Å². The van der Waals surface area contributed by atoms with E-state index in [0.717, 1.165) is 24.2 Å². The van der Waals surface area contributed by atoms with Gasteiger partial charge >= 0.3 is 0 Å². The van der Waals surface area contributed by atoms with Crippen LogP contribution in [0.5, 0.6) is 0 Å². The maximum atomic E-state index is 8.18. The van der Waals surface area contributed by atoms with Gasteiger partial charge < -0.3 is 9.64 Å². The summed E-state index contributed by atoms with van der Waals surface area (Å²) < 4.78 is 5.89. The second-order valence-corrected chi connectivity index (χ2v) is 6.78. The van der Waals surface area contributed by atoms with Gasteiger partial charge in [0.05, 0.1) is 0 Å². The highest BCUT2D eigenvalue weighted by atomic mass is 16.5. The third-order valence-electron chi connectivity index (χ3n) is 5.06. The SMILES string of the molecule is CN(C)c1ccc(C2CC(=N)OC3=C2CCc2ccccc23)cc1. The molecule has 0 fully saturated rings. The van der Waals surface area contributed by atoms with Crippen molar-refractivity contribution in [3.05, 3.63) is 70.8 Å². The van der Waals surface area contributed by atoms with Crippen LogP contribution in [0.1, 0.15) is 35.4 Å². The minimum Gasteiger partial charge on any atom is -0.443 e. The van der Waals surface area contributed by atoms with Crippen LogP contribution in [0.4, 0.5) is 5.69 Å². The number of fused-ring (bicyclic) bond motifs is 2. The van der Waals surface area contributed by atoms with Crippen molar-refractivity contribution in [1.82, 2.24) is 0 Å². The molecule has 0 spiro atoms. The Balaban J connectivity index is 1.77. The van der Waals surface area contributed by atoms with Crippen LogP contribution >= 0.6 is 0 Å². The molecule has 2 aliphatic rings. The van der Waals surface area contributed by atoms with Crippen LogP contribution in [-0.2, 0) is 11.2 Å². The van der Waals surface area contributed by atoms with Crippen LogP contribution in [0.2, 0.25) is 0 Å². The van der Waals surface area contributed by atoms with E-state index >= 15 is 0 Å². The Kier molecular flexibility index (Phi) is 3.64. The first-order chi connectivity index (χ1) is 11.6. The Morgan fingerprint density at radius 3 is 2.50 bits per heavy atom. The lowest BCUT2D eigenvalue weighted by atomic mass is 9.78. The van der Waals surface area contributed by atoms with Crippen molar-refractivity contribution < 1.29 is 4.74 Å². The fourth-order valence-electron chi connectivity index (χ4n) is 3.77. The molecular formula is C21H22N2O. The molecule has 122 valence electrons. The Hall–Kier alpha value is -2.55. The summed E-state index contributed by atoms with van der Waals surface area (Å²) in [5, 5.41) is 8.18. The van der Waals surface area contributed by atoms with Crippen LogP contribution < -0.4 is 4.90 Å². The number of anilines is 1. The zero-order valence-electron chi connectivity index (χ0n) is 14.2. The van der Waals surface area contributed by atoms with Crippen molar-refractivity contribution in [3.63, 3.8) is 0 Å². The molecule has 0 aromatic heterocycles. The van der Waals surface area contributed by atoms with E-state index in [1.807, 2.05) is 0 Å². The molecule has 2 aromatic rings. The average molecular weight is 318 g/mol. The predicted octanol–water partition coefficient (Wildman–Crippen LogP) is 4.59. The molecule has 1 N–H and O–H groups in total. The van der Waals surface area contributed by atoms with Gasteiger partial charge in [-0.05, 0) is 41.7 Å². The van der Waals surface area contributed by atoms with E-state index in [1.165, 1.54) is 22.4 Å². The summed E-state index contributed by atoms with van der Waals surface area (Å²) in [6, 6.07) is 17.1. The van der Waals surface area contributed by atoms with Crippen LogP contribution in [0, 0.1) is 5.41 Å². The lowest BCUT2D eigenvalue weighted by Gasteiger charge is -2.33. The van der Waals surface area contributed by atoms with E-state index in [4.69, 9.17) is 10.1 Å². The molecule has 0 bridgehead atoms. The molecule has 0 saturated carbocycles. The van der Waals surface area contributed by atoms with Gasteiger partial charge in [-0.15, -0.1) is 0 Å². The summed E-state index contributed by atoms with van der Waals surface area (Å²) in [4.78, 5) is 2.11. The molecule has 3 heteroatoms. The molecule has 4 rings (SSSR count). The molecule has 0 saturated heterocycles. The topological polar surface area (TPSA) is 36.3 Å². The van der Waals surface area contributed by atoms with Gasteiger partial charge in [-0.3, -0.25) is 5.41 Å². The Morgan fingerprint density at radius 2 is 1.75 bits per heavy atom. The normalized spacial score (nSPS) is 19.4. The maximum absolute atomic E-state index is 8.18. The van der Waals surface area contributed by atoms with E-state index in [-0.39, 0.29) is 5.92 Å². The zero-order chi connectivity index (χ0) is 16.7. The molecule has 24 heavy (non-hydrogen) atoms. The molecule has 3 nitrogen and oxygen atoms in total. The molecule has 2 aromatic carbocycles. The number of nitrogens with one attached hydrogen (secondary N) is 1. The van der Waals surface area contributed by atoms with Crippen molar-refractivity contribution in [1.29, 1.82) is 5.41 Å². The molecule has 1 heterocycles. The van der Waals surface area contributed by atoms with Gasteiger partial charge in [-0.25, -0.2) is 0 Å². The van der Waals surface area contributed by atoms with Crippen LogP contribution in [0.3, 0.4) is 0 Å². The summed E-state index contributed by atoms with van der Waals surface area (Å²) in [5.41, 5.74) is 6.32. The summed E-state index contributed by atoms with van der Waals surface area (Å²) in [5.74, 6) is 1.55. The molecule has 1 aliphatic carbocycles. The third-order valence-corrected chi connectivity index (χ3v) is 5.06. The van der Waals surface area contributed by atoms with Crippen molar-refractivity contribution in [2.75, 3.05) is 19.0 Å². The number of rotatable bonds is 2. The van der Waals surface area contributed by atoms with E-state index < -0.39 is 0 Å². The predicted molar refractivity (Wildman–Crippen MR) is 98.6 cm³/mol. The fourth-order valence-corrected chi connectivity index (χ4v) is 3.77. The van der Waals surface area contributed by atoms with E-state index in [0.29, 0.717) is 12.3 Å². The molecule has 0 radical (unpaired) electrons. The van der Waals surface area contributed by atoms with Crippen molar-refractivity contribution in [2.24, 2.45) is 0 Å². The summed E-state index contributed by atoms with van der Waals surface area (Å²) >= 11 is 0. The lowest BCUT2D eigenvalue weighted by molar-refractivity contribution is 0.438. The first-order valence-electron chi connectivity index (χ1n) is 8.47. The number of hydrogen-bond acceptors (Lipinski definition) is 3. The maximum Gasteiger partial charge on any atom is 0.188 e. The molecule has 1 atom stereocenters. The molecular weight excluding hydrogens is 296 g/mol. The van der Waals surface area contributed by atoms with Crippen LogP contribution in [0.15, 0.2) is 54.1 Å². The fraction of sp³-hybridized carbons (Fsp3) is 0.286. The minimum atomic E-state index is 0.255. The standard InChI is InChI=1S/C21H22N2O/c1-23(2)16-10-7-15(8-11-16)19-13-20(22)24-21-17-6-4-3-5-14(17)9-12-18(19)21/h3-8,10-11,19,22H,9,12-13H2,1-2H3. The van der Waals surface area contributed by atoms with Crippen molar-refractivity contribution >= 4 is 17.3 Å². The van der Waals surface area contributed by atoms with Gasteiger partial charge in [-0.2, -0.15) is 0 Å². The molecule has 1 aliphatic heterocycles. The Labute approximate surface area is 143 Å². The zero-order valence-corrected chi connectivity index (χ0v) is 14.2. The smallest absolute Gasteiger partial charge is 0.188 e. The highest BCUT2D eigenvalue weighted by molar-refractivity contribution is 5.87. The van der Waals surface area contributed by atoms with Crippen molar-refractivity contribution in [2.45, 2.75) is 25.2 Å². The first-order valence-corrected chi connectivity index (χ1v) is 8.47. The number of ether oxygens (including phenoxy) is 1. The minimum absolute atomic E-state index is 0.255. The van der Waals surface area contributed by atoms with Gasteiger partial charge in [-0.1, -0.05) is 36.4 Å². The second kappa shape index (κ2) is 5.82. The molecule has 0 amide bonds. The van der Waals surface area contributed by atoms with Gasteiger partial charge in [0.15, 0.2) is 5.90 Å². The summed E-state index contributed by atoms with van der Waals surface area (Å²) in [6.45, 7) is 0. The number of allylic oxidation sites excluding steroid dienone is 1. The van der Waals surface area contributed by atoms with Gasteiger partial charge in [0.25, 0.3) is 0 Å². The molecule has 1 unspecified atom stereocenters. The second-order valence-electron chi connectivity index (χ2n) is 6.78. The highest BCUT2D eigenvalue weighted by Crippen LogP contribution is 2.44. The van der Waals surface area contributed by atoms with Gasteiger partial charge in [0.2, 0.25) is 0 Å². The quantitative estimate of drug-likeness (QED) is 0.879. The Bertz CT molecular complexity index is 818. The van der Waals surface area contributed by atoms with Crippen LogP contribution in [0.25, 0.3) is 5.76 Å². The first kappa shape index (κ1) is 15.0. The van der Waals surface area contributed by atoms with E-state index in [9.17, 15) is 0 Å². The third kappa shape index (κ3) is 2.50. The van der Waals surface area contributed by atoms with Gasteiger partial charge in [0, 0.05) is 37.7 Å².